The molecule has 1 fully saturated rings. The average Bonchev–Trinajstić information content (AvgIpc) is 2.23. The summed E-state index contributed by atoms with van der Waals surface area (Å²) in [6.07, 6.45) is 4.84. The zero-order chi connectivity index (χ0) is 11.5. The fourth-order valence-electron chi connectivity index (χ4n) is 2.43. The largest absolute Gasteiger partial charge is 0.394 e. The summed E-state index contributed by atoms with van der Waals surface area (Å²) in [4.78, 5) is 0. The second kappa shape index (κ2) is 5.31. The van der Waals surface area contributed by atoms with Gasteiger partial charge in [-0.2, -0.15) is 0 Å². The molecule has 0 radical (unpaired) electrons. The van der Waals surface area contributed by atoms with Crippen LogP contribution in [0.1, 0.15) is 53.4 Å². The van der Waals surface area contributed by atoms with Crippen LogP contribution >= 0.6 is 0 Å². The van der Waals surface area contributed by atoms with Gasteiger partial charge in [-0.15, -0.1) is 0 Å². The first kappa shape index (κ1) is 13.0. The van der Waals surface area contributed by atoms with Crippen molar-refractivity contribution in [3.63, 3.8) is 0 Å². The van der Waals surface area contributed by atoms with Crippen LogP contribution in [-0.2, 0) is 0 Å². The van der Waals surface area contributed by atoms with E-state index in [1.807, 2.05) is 0 Å². The van der Waals surface area contributed by atoms with Crippen molar-refractivity contribution in [2.75, 3.05) is 6.61 Å². The Hall–Kier alpha value is -0.0800. The summed E-state index contributed by atoms with van der Waals surface area (Å²) in [5.74, 6) is 1.68. The smallest absolute Gasteiger partial charge is 0.0610 e. The monoisotopic (exact) mass is 213 g/mol. The molecule has 0 bridgehead atoms. The first-order valence-corrected chi connectivity index (χ1v) is 6.39. The molecule has 15 heavy (non-hydrogen) atoms. The molecular weight excluding hydrogens is 186 g/mol. The Kier molecular flexibility index (Phi) is 4.60. The van der Waals surface area contributed by atoms with Crippen LogP contribution in [0.4, 0.5) is 0 Å². The van der Waals surface area contributed by atoms with Crippen LogP contribution < -0.4 is 5.32 Å². The molecule has 1 saturated carbocycles. The van der Waals surface area contributed by atoms with E-state index in [0.29, 0.717) is 6.04 Å². The maximum Gasteiger partial charge on any atom is 0.0610 e. The second-order valence-corrected chi connectivity index (χ2v) is 5.68. The highest BCUT2D eigenvalue weighted by Gasteiger charge is 2.29. The lowest BCUT2D eigenvalue weighted by atomic mass is 9.78. The van der Waals surface area contributed by atoms with Gasteiger partial charge in [0.25, 0.3) is 0 Å². The number of nitrogens with one attached hydrogen (secondary N) is 1. The van der Waals surface area contributed by atoms with Gasteiger partial charge >= 0.3 is 0 Å². The molecule has 1 rings (SSSR count). The molecular formula is C13H27NO. The van der Waals surface area contributed by atoms with E-state index in [-0.39, 0.29) is 12.1 Å². The molecule has 0 aromatic carbocycles. The maximum absolute atomic E-state index is 9.37. The number of aliphatic hydroxyl groups is 1. The molecule has 2 nitrogen and oxygen atoms in total. The maximum atomic E-state index is 9.37. The molecule has 90 valence electrons. The van der Waals surface area contributed by atoms with Gasteiger partial charge in [0.2, 0.25) is 0 Å². The van der Waals surface area contributed by atoms with Crippen LogP contribution in [0, 0.1) is 11.8 Å². The molecule has 1 aliphatic rings. The third-order valence-corrected chi connectivity index (χ3v) is 4.28. The van der Waals surface area contributed by atoms with Crippen molar-refractivity contribution < 1.29 is 5.11 Å². The third kappa shape index (κ3) is 3.46. The molecule has 0 amide bonds. The number of rotatable bonds is 4. The van der Waals surface area contributed by atoms with Gasteiger partial charge in [-0.1, -0.05) is 20.8 Å². The van der Waals surface area contributed by atoms with Crippen molar-refractivity contribution in [2.24, 2.45) is 11.8 Å². The Morgan fingerprint density at radius 3 is 2.40 bits per heavy atom. The molecule has 0 saturated heterocycles. The van der Waals surface area contributed by atoms with Crippen LogP contribution in [0.2, 0.25) is 0 Å². The third-order valence-electron chi connectivity index (χ3n) is 4.28. The van der Waals surface area contributed by atoms with Crippen molar-refractivity contribution in [3.05, 3.63) is 0 Å². The van der Waals surface area contributed by atoms with Gasteiger partial charge in [0.1, 0.15) is 0 Å². The topological polar surface area (TPSA) is 32.3 Å². The van der Waals surface area contributed by atoms with E-state index in [0.717, 1.165) is 18.3 Å². The average molecular weight is 213 g/mol. The van der Waals surface area contributed by atoms with Crippen molar-refractivity contribution in [1.82, 2.24) is 5.32 Å². The van der Waals surface area contributed by atoms with Gasteiger partial charge in [0.15, 0.2) is 0 Å². The van der Waals surface area contributed by atoms with Crippen LogP contribution in [-0.4, -0.2) is 23.3 Å². The van der Waals surface area contributed by atoms with Gasteiger partial charge in [-0.25, -0.2) is 0 Å². The first-order valence-electron chi connectivity index (χ1n) is 6.39. The quantitative estimate of drug-likeness (QED) is 0.752. The lowest BCUT2D eigenvalue weighted by Crippen LogP contribution is -2.52. The highest BCUT2D eigenvalue weighted by Crippen LogP contribution is 2.30. The normalized spacial score (nSPS) is 36.2. The second-order valence-electron chi connectivity index (χ2n) is 5.68. The van der Waals surface area contributed by atoms with E-state index in [1.54, 1.807) is 0 Å². The Labute approximate surface area is 94.5 Å². The Balaban J connectivity index is 2.45. The Morgan fingerprint density at radius 1 is 1.27 bits per heavy atom. The van der Waals surface area contributed by atoms with E-state index in [2.05, 4.69) is 33.0 Å². The number of hydrogen-bond acceptors (Lipinski definition) is 2. The lowest BCUT2D eigenvalue weighted by molar-refractivity contribution is 0.128. The first-order chi connectivity index (χ1) is 7.00. The summed E-state index contributed by atoms with van der Waals surface area (Å²) in [5.41, 5.74) is -0.0784. The lowest BCUT2D eigenvalue weighted by Gasteiger charge is -2.38. The fourth-order valence-corrected chi connectivity index (χ4v) is 2.43. The van der Waals surface area contributed by atoms with Crippen molar-refractivity contribution in [1.29, 1.82) is 0 Å². The van der Waals surface area contributed by atoms with Gasteiger partial charge in [-0.05, 0) is 44.4 Å². The summed E-state index contributed by atoms with van der Waals surface area (Å²) in [6.45, 7) is 9.20. The fraction of sp³-hybridized carbons (Fsp3) is 1.00. The molecule has 2 heteroatoms. The molecule has 0 aliphatic heterocycles. The van der Waals surface area contributed by atoms with Gasteiger partial charge in [0.05, 0.1) is 6.61 Å². The van der Waals surface area contributed by atoms with E-state index >= 15 is 0 Å². The molecule has 1 aliphatic carbocycles. The predicted octanol–water partition coefficient (Wildman–Crippen LogP) is 2.56. The predicted molar refractivity (Wildman–Crippen MR) is 64.9 cm³/mol. The SMILES string of the molecule is CCC(C)(CO)NC1CCC(C)C(C)C1. The van der Waals surface area contributed by atoms with Crippen LogP contribution in [0.25, 0.3) is 0 Å². The van der Waals surface area contributed by atoms with Gasteiger partial charge < -0.3 is 10.4 Å². The molecule has 0 heterocycles. The van der Waals surface area contributed by atoms with E-state index < -0.39 is 0 Å². The van der Waals surface area contributed by atoms with E-state index in [9.17, 15) is 5.11 Å². The van der Waals surface area contributed by atoms with E-state index in [1.165, 1.54) is 19.3 Å². The number of aliphatic hydroxyl groups excluding tert-OH is 1. The molecule has 0 aromatic heterocycles. The number of hydrogen-bond donors (Lipinski definition) is 2. The summed E-state index contributed by atoms with van der Waals surface area (Å²) >= 11 is 0. The van der Waals surface area contributed by atoms with Gasteiger partial charge in [-0.3, -0.25) is 0 Å². The molecule has 4 unspecified atom stereocenters. The van der Waals surface area contributed by atoms with Crippen LogP contribution in [0.15, 0.2) is 0 Å². The molecule has 0 spiro atoms. The summed E-state index contributed by atoms with van der Waals surface area (Å²) in [5, 5.41) is 13.0. The zero-order valence-corrected chi connectivity index (χ0v) is 10.7. The highest BCUT2D eigenvalue weighted by molar-refractivity contribution is 4.88. The Morgan fingerprint density at radius 2 is 1.93 bits per heavy atom. The highest BCUT2D eigenvalue weighted by atomic mass is 16.3. The summed E-state index contributed by atoms with van der Waals surface area (Å²) in [6, 6.07) is 0.605. The van der Waals surface area contributed by atoms with E-state index in [4.69, 9.17) is 0 Å². The minimum atomic E-state index is -0.0784. The molecule has 2 N–H and O–H groups in total. The summed E-state index contributed by atoms with van der Waals surface area (Å²) < 4.78 is 0. The Bertz CT molecular complexity index is 189. The van der Waals surface area contributed by atoms with Crippen LogP contribution in [0.3, 0.4) is 0 Å². The molecule has 4 atom stereocenters. The zero-order valence-electron chi connectivity index (χ0n) is 10.7. The minimum absolute atomic E-state index is 0.0784. The van der Waals surface area contributed by atoms with Crippen LogP contribution in [0.5, 0.6) is 0 Å². The van der Waals surface area contributed by atoms with Crippen molar-refractivity contribution in [2.45, 2.75) is 65.0 Å². The molecule has 0 aromatic rings. The van der Waals surface area contributed by atoms with Crippen molar-refractivity contribution in [3.8, 4) is 0 Å². The van der Waals surface area contributed by atoms with Crippen molar-refractivity contribution >= 4 is 0 Å². The van der Waals surface area contributed by atoms with Gasteiger partial charge in [0, 0.05) is 11.6 Å². The summed E-state index contributed by atoms with van der Waals surface area (Å²) in [7, 11) is 0. The minimum Gasteiger partial charge on any atom is -0.394 e. The standard InChI is InChI=1S/C13H27NO/c1-5-13(4,9-15)14-12-7-6-10(2)11(3)8-12/h10-12,14-15H,5-9H2,1-4H3.